The Labute approximate surface area is 305 Å². The third kappa shape index (κ3) is 18.4. The Bertz CT molecular complexity index is 1440. The molecule has 2 rings (SSSR count). The molecule has 0 spiro atoms. The first kappa shape index (κ1) is 41.8. The molecule has 0 radical (unpaired) electrons. The normalized spacial score (nSPS) is 12.1. The van der Waals surface area contributed by atoms with Crippen LogP contribution in [-0.2, 0) is 16.0 Å². The van der Waals surface area contributed by atoms with Crippen molar-refractivity contribution in [2.24, 2.45) is 0 Å². The van der Waals surface area contributed by atoms with Gasteiger partial charge in [0.15, 0.2) is 5.60 Å². The second kappa shape index (κ2) is 24.7. The summed E-state index contributed by atoms with van der Waals surface area (Å²) in [6.07, 6.45) is 29.4. The predicted molar refractivity (Wildman–Crippen MR) is 208 cm³/mol. The molecule has 2 N–H and O–H groups in total. The third-order valence-electron chi connectivity index (χ3n) is 7.73. The van der Waals surface area contributed by atoms with Gasteiger partial charge in [-0.2, -0.15) is 0 Å². The smallest absolute Gasteiger partial charge is 0.263 e. The quantitative estimate of drug-likeness (QED) is 0.0895. The fourth-order valence-electron chi connectivity index (χ4n) is 4.69. The molecule has 0 aliphatic rings. The predicted octanol–water partition coefficient (Wildman–Crippen LogP) is 8.97. The van der Waals surface area contributed by atoms with Crippen molar-refractivity contribution < 1.29 is 19.1 Å². The van der Waals surface area contributed by atoms with E-state index in [0.717, 1.165) is 50.5 Å². The van der Waals surface area contributed by atoms with Crippen LogP contribution in [0.15, 0.2) is 109 Å². The standard InChI is InChI=1S/C42H56ClN3O4/c1-5-6-7-8-9-10-11-12-13-14-15-16-17-18-19-20-21-22-39(47)46(4)34-33-45-41(49)42(2,3)50-38-29-23-35(24-30-38)31-32-44-40(48)36-25-27-37(43)28-26-36/h6-7,9-10,12-13,15-16,18-19,23-30H,5,8,11,14,17,20-22,31-34H2,1-4H3,(H,44,48)(H,45,49)/b7-6-,10-9-,13-12-,16-15-,19-18-. The van der Waals surface area contributed by atoms with Crippen LogP contribution >= 0.6 is 11.6 Å². The lowest BCUT2D eigenvalue weighted by molar-refractivity contribution is -0.135. The van der Waals surface area contributed by atoms with Crippen LogP contribution in [0.2, 0.25) is 5.02 Å². The maximum absolute atomic E-state index is 12.9. The van der Waals surface area contributed by atoms with Gasteiger partial charge in [-0.15, -0.1) is 0 Å². The van der Waals surface area contributed by atoms with Gasteiger partial charge < -0.3 is 20.3 Å². The van der Waals surface area contributed by atoms with Gasteiger partial charge in [0.05, 0.1) is 0 Å². The molecule has 0 atom stereocenters. The molecule has 7 nitrogen and oxygen atoms in total. The first-order chi connectivity index (χ1) is 24.1. The van der Waals surface area contributed by atoms with Crippen molar-refractivity contribution in [3.05, 3.63) is 125 Å². The number of nitrogens with one attached hydrogen (secondary N) is 2. The largest absolute Gasteiger partial charge is 0.478 e. The number of hydrogen-bond donors (Lipinski definition) is 2. The number of unbranched alkanes of at least 4 members (excludes halogenated alkanes) is 1. The Hall–Kier alpha value is -4.36. The van der Waals surface area contributed by atoms with Crippen molar-refractivity contribution in [3.8, 4) is 5.75 Å². The van der Waals surface area contributed by atoms with Crippen LogP contribution in [0, 0.1) is 0 Å². The molecule has 0 aliphatic heterocycles. The number of carbonyl (C=O) groups excluding carboxylic acids is 3. The van der Waals surface area contributed by atoms with Gasteiger partial charge in [-0.1, -0.05) is 91.4 Å². The van der Waals surface area contributed by atoms with E-state index >= 15 is 0 Å². The van der Waals surface area contributed by atoms with Crippen molar-refractivity contribution in [3.63, 3.8) is 0 Å². The van der Waals surface area contributed by atoms with E-state index in [2.05, 4.69) is 78.3 Å². The first-order valence-corrected chi connectivity index (χ1v) is 18.1. The van der Waals surface area contributed by atoms with Crippen LogP contribution in [0.5, 0.6) is 5.75 Å². The van der Waals surface area contributed by atoms with E-state index in [1.54, 1.807) is 50.1 Å². The fraction of sp³-hybridized carbons (Fsp3) is 0.405. The van der Waals surface area contributed by atoms with E-state index in [0.29, 0.717) is 48.8 Å². The van der Waals surface area contributed by atoms with E-state index in [1.807, 2.05) is 24.3 Å². The summed E-state index contributed by atoms with van der Waals surface area (Å²) in [7, 11) is 1.76. The third-order valence-corrected chi connectivity index (χ3v) is 7.98. The second-order valence-electron chi connectivity index (χ2n) is 12.4. The second-order valence-corrected chi connectivity index (χ2v) is 12.9. The highest BCUT2D eigenvalue weighted by atomic mass is 35.5. The number of halogens is 1. The molecule has 2 aromatic carbocycles. The SMILES string of the molecule is CC/C=C\C/C=C\C/C=C\C/C=C\C/C=C\CCCC(=O)N(C)CCNC(=O)C(C)(C)Oc1ccc(CCNC(=O)c2ccc(Cl)cc2)cc1. The molecule has 0 saturated heterocycles. The number of allylic oxidation sites excluding steroid dienone is 10. The minimum Gasteiger partial charge on any atom is -0.478 e. The van der Waals surface area contributed by atoms with Crippen molar-refractivity contribution in [2.45, 2.75) is 84.2 Å². The lowest BCUT2D eigenvalue weighted by Gasteiger charge is -2.26. The van der Waals surface area contributed by atoms with Crippen LogP contribution in [0.4, 0.5) is 0 Å². The summed E-state index contributed by atoms with van der Waals surface area (Å²) in [6.45, 7) is 6.81. The van der Waals surface area contributed by atoms with Crippen molar-refractivity contribution in [1.29, 1.82) is 0 Å². The molecule has 8 heteroatoms. The Morgan fingerprint density at radius 3 is 1.90 bits per heavy atom. The van der Waals surface area contributed by atoms with E-state index in [-0.39, 0.29) is 17.7 Å². The molecule has 0 saturated carbocycles. The highest BCUT2D eigenvalue weighted by molar-refractivity contribution is 6.30. The average Bonchev–Trinajstić information content (AvgIpc) is 3.10. The van der Waals surface area contributed by atoms with Gasteiger partial charge in [-0.25, -0.2) is 0 Å². The van der Waals surface area contributed by atoms with Crippen molar-refractivity contribution >= 4 is 29.3 Å². The molecule has 0 unspecified atom stereocenters. The molecule has 2 aromatic rings. The number of nitrogens with zero attached hydrogens (tertiary/aromatic N) is 1. The van der Waals surface area contributed by atoms with Crippen LogP contribution < -0.4 is 15.4 Å². The minimum atomic E-state index is -1.10. The highest BCUT2D eigenvalue weighted by Gasteiger charge is 2.29. The lowest BCUT2D eigenvalue weighted by Crippen LogP contribution is -2.48. The summed E-state index contributed by atoms with van der Waals surface area (Å²) in [5.41, 5.74) is 0.490. The molecule has 0 aromatic heterocycles. The number of hydrogen-bond acceptors (Lipinski definition) is 4. The summed E-state index contributed by atoms with van der Waals surface area (Å²) in [4.78, 5) is 39.3. The molecule has 0 aliphatic carbocycles. The first-order valence-electron chi connectivity index (χ1n) is 17.7. The molecule has 50 heavy (non-hydrogen) atoms. The monoisotopic (exact) mass is 701 g/mol. The molecular formula is C42H56ClN3O4. The maximum Gasteiger partial charge on any atom is 0.263 e. The Morgan fingerprint density at radius 1 is 0.760 bits per heavy atom. The fourth-order valence-corrected chi connectivity index (χ4v) is 4.82. The summed E-state index contributed by atoms with van der Waals surface area (Å²) >= 11 is 5.88. The number of ether oxygens (including phenoxy) is 1. The van der Waals surface area contributed by atoms with Gasteiger partial charge in [0.1, 0.15) is 5.75 Å². The highest BCUT2D eigenvalue weighted by Crippen LogP contribution is 2.20. The molecule has 0 bridgehead atoms. The van der Waals surface area contributed by atoms with E-state index in [4.69, 9.17) is 16.3 Å². The zero-order valence-electron chi connectivity index (χ0n) is 30.3. The lowest BCUT2D eigenvalue weighted by atomic mass is 10.1. The molecule has 270 valence electrons. The van der Waals surface area contributed by atoms with Gasteiger partial charge in [-0.3, -0.25) is 14.4 Å². The van der Waals surface area contributed by atoms with Gasteiger partial charge in [0.2, 0.25) is 5.91 Å². The zero-order chi connectivity index (χ0) is 36.5. The average molecular weight is 702 g/mol. The van der Waals surface area contributed by atoms with Gasteiger partial charge in [-0.05, 0) is 107 Å². The summed E-state index contributed by atoms with van der Waals surface area (Å²) in [5, 5.41) is 6.38. The Morgan fingerprint density at radius 2 is 1.32 bits per heavy atom. The zero-order valence-corrected chi connectivity index (χ0v) is 31.1. The number of carbonyl (C=O) groups is 3. The van der Waals surface area contributed by atoms with Crippen molar-refractivity contribution in [2.75, 3.05) is 26.7 Å². The van der Waals surface area contributed by atoms with E-state index in [9.17, 15) is 14.4 Å². The van der Waals surface area contributed by atoms with E-state index in [1.165, 1.54) is 0 Å². The minimum absolute atomic E-state index is 0.0618. The number of likely N-dealkylation sites (N-methyl/N-ethyl adjacent to an activating group) is 1. The number of amides is 3. The van der Waals surface area contributed by atoms with Crippen LogP contribution in [0.1, 0.15) is 88.1 Å². The van der Waals surface area contributed by atoms with Gasteiger partial charge >= 0.3 is 0 Å². The summed E-state index contributed by atoms with van der Waals surface area (Å²) < 4.78 is 5.99. The molecule has 3 amide bonds. The van der Waals surface area contributed by atoms with Gasteiger partial charge in [0.25, 0.3) is 11.8 Å². The Kier molecular flexibility index (Phi) is 20.7. The summed E-state index contributed by atoms with van der Waals surface area (Å²) in [5.74, 6) is 0.221. The Balaban J connectivity index is 1.56. The van der Waals surface area contributed by atoms with Gasteiger partial charge in [0, 0.05) is 43.7 Å². The number of rotatable bonds is 23. The van der Waals surface area contributed by atoms with Crippen LogP contribution in [0.3, 0.4) is 0 Å². The molecular weight excluding hydrogens is 646 g/mol. The molecule has 0 fully saturated rings. The number of benzene rings is 2. The van der Waals surface area contributed by atoms with E-state index < -0.39 is 5.60 Å². The topological polar surface area (TPSA) is 87.7 Å². The van der Waals surface area contributed by atoms with Crippen LogP contribution in [-0.4, -0.2) is 54.9 Å². The van der Waals surface area contributed by atoms with Crippen molar-refractivity contribution in [1.82, 2.24) is 15.5 Å². The maximum atomic E-state index is 12.9. The summed E-state index contributed by atoms with van der Waals surface area (Å²) in [6, 6.07) is 14.2. The molecule has 0 heterocycles. The van der Waals surface area contributed by atoms with Crippen LogP contribution in [0.25, 0.3) is 0 Å².